The number of rotatable bonds is 8. The van der Waals surface area contributed by atoms with Crippen LogP contribution in [0.3, 0.4) is 0 Å². The van der Waals surface area contributed by atoms with Gasteiger partial charge >= 0.3 is 0 Å². The van der Waals surface area contributed by atoms with Gasteiger partial charge in [0, 0.05) is 28.9 Å². The van der Waals surface area contributed by atoms with Crippen molar-refractivity contribution in [2.45, 2.75) is 13.1 Å². The van der Waals surface area contributed by atoms with Crippen molar-refractivity contribution >= 4 is 22.5 Å². The molecule has 0 unspecified atom stereocenters. The molecule has 0 radical (unpaired) electrons. The Morgan fingerprint density at radius 1 is 1.00 bits per heavy atom. The molecule has 6 nitrogen and oxygen atoms in total. The Morgan fingerprint density at radius 3 is 2.65 bits per heavy atom. The summed E-state index contributed by atoms with van der Waals surface area (Å²) in [5.41, 5.74) is 2.39. The molecule has 3 aromatic carbocycles. The highest BCUT2D eigenvalue weighted by Gasteiger charge is 2.18. The smallest absolute Gasteiger partial charge is 0.272 e. The molecule has 5 aromatic rings. The summed E-state index contributed by atoms with van der Waals surface area (Å²) in [5, 5.41) is 3.89. The van der Waals surface area contributed by atoms with Crippen LogP contribution in [0.5, 0.6) is 5.75 Å². The number of hydrogen-bond donors (Lipinski definition) is 1. The second-order valence-electron chi connectivity index (χ2n) is 7.87. The van der Waals surface area contributed by atoms with Crippen LogP contribution in [0, 0.1) is 5.82 Å². The van der Waals surface area contributed by atoms with Gasteiger partial charge in [-0.15, -0.1) is 0 Å². The number of ether oxygens (including phenoxy) is 1. The van der Waals surface area contributed by atoms with E-state index in [9.17, 15) is 9.18 Å². The summed E-state index contributed by atoms with van der Waals surface area (Å²) >= 11 is 0. The normalized spacial score (nSPS) is 11.0. The van der Waals surface area contributed by atoms with E-state index in [1.165, 1.54) is 6.07 Å². The third-order valence-corrected chi connectivity index (χ3v) is 5.63. The van der Waals surface area contributed by atoms with E-state index in [0.29, 0.717) is 35.8 Å². The van der Waals surface area contributed by atoms with Gasteiger partial charge in [0.05, 0.1) is 25.1 Å². The molecule has 5 rings (SSSR count). The highest BCUT2D eigenvalue weighted by atomic mass is 19.1. The van der Waals surface area contributed by atoms with Crippen molar-refractivity contribution in [3.8, 4) is 5.75 Å². The molecule has 7 heteroatoms. The Kier molecular flexibility index (Phi) is 6.07. The first-order chi connectivity index (χ1) is 16.7. The molecule has 0 bridgehead atoms. The van der Waals surface area contributed by atoms with Crippen LogP contribution < -0.4 is 10.1 Å². The highest BCUT2D eigenvalue weighted by molar-refractivity contribution is 6.07. The van der Waals surface area contributed by atoms with Crippen LogP contribution in [-0.2, 0) is 13.1 Å². The first-order valence-corrected chi connectivity index (χ1v) is 11.0. The molecule has 1 N–H and O–H groups in total. The van der Waals surface area contributed by atoms with Crippen LogP contribution in [0.1, 0.15) is 16.1 Å². The SMILES string of the molecule is O=C(Nc1ccccc1OCCn1ccnc1)c1cc2ccccc2n1Cc1ccccc1F. The number of nitrogens with zero attached hydrogens (tertiary/aromatic N) is 3. The number of carbonyl (C=O) groups is 1. The predicted molar refractivity (Wildman–Crippen MR) is 130 cm³/mol. The van der Waals surface area contributed by atoms with E-state index in [-0.39, 0.29) is 18.3 Å². The van der Waals surface area contributed by atoms with Crippen molar-refractivity contribution in [3.05, 3.63) is 115 Å². The van der Waals surface area contributed by atoms with Gasteiger partial charge < -0.3 is 19.2 Å². The number of amides is 1. The van der Waals surface area contributed by atoms with E-state index in [0.717, 1.165) is 10.9 Å². The third kappa shape index (κ3) is 4.54. The van der Waals surface area contributed by atoms with E-state index < -0.39 is 0 Å². The van der Waals surface area contributed by atoms with Gasteiger partial charge in [-0.3, -0.25) is 4.79 Å². The first kappa shape index (κ1) is 21.5. The quantitative estimate of drug-likeness (QED) is 0.344. The van der Waals surface area contributed by atoms with Gasteiger partial charge in [-0.05, 0) is 30.3 Å². The molecule has 34 heavy (non-hydrogen) atoms. The number of aromatic nitrogens is 3. The molecule has 0 spiro atoms. The average Bonchev–Trinajstić information content (AvgIpc) is 3.50. The van der Waals surface area contributed by atoms with Gasteiger partial charge in [-0.1, -0.05) is 48.5 Å². The van der Waals surface area contributed by atoms with Crippen molar-refractivity contribution in [3.63, 3.8) is 0 Å². The third-order valence-electron chi connectivity index (χ3n) is 5.63. The Bertz CT molecular complexity index is 1430. The van der Waals surface area contributed by atoms with Crippen LogP contribution in [0.25, 0.3) is 10.9 Å². The summed E-state index contributed by atoms with van der Waals surface area (Å²) in [4.78, 5) is 17.4. The summed E-state index contributed by atoms with van der Waals surface area (Å²) in [6, 6.07) is 23.5. The van der Waals surface area contributed by atoms with Crippen molar-refractivity contribution in [2.24, 2.45) is 0 Å². The first-order valence-electron chi connectivity index (χ1n) is 11.0. The zero-order valence-electron chi connectivity index (χ0n) is 18.4. The lowest BCUT2D eigenvalue weighted by Crippen LogP contribution is -2.18. The van der Waals surface area contributed by atoms with Gasteiger partial charge in [-0.25, -0.2) is 9.37 Å². The molecule has 2 aromatic heterocycles. The second-order valence-corrected chi connectivity index (χ2v) is 7.87. The van der Waals surface area contributed by atoms with E-state index in [1.54, 1.807) is 36.8 Å². The number of anilines is 1. The van der Waals surface area contributed by atoms with Crippen LogP contribution in [0.2, 0.25) is 0 Å². The lowest BCUT2D eigenvalue weighted by atomic mass is 10.2. The van der Waals surface area contributed by atoms with Gasteiger partial charge in [-0.2, -0.15) is 0 Å². The highest BCUT2D eigenvalue weighted by Crippen LogP contribution is 2.27. The minimum atomic E-state index is -0.303. The van der Waals surface area contributed by atoms with Crippen LogP contribution in [-0.4, -0.2) is 26.6 Å². The molecule has 0 atom stereocenters. The molecule has 170 valence electrons. The fraction of sp³-hybridized carbons (Fsp3) is 0.111. The fourth-order valence-electron chi connectivity index (χ4n) is 3.93. The summed E-state index contributed by atoms with van der Waals surface area (Å²) in [7, 11) is 0. The summed E-state index contributed by atoms with van der Waals surface area (Å²) in [6.45, 7) is 1.31. The molecule has 0 aliphatic heterocycles. The lowest BCUT2D eigenvalue weighted by Gasteiger charge is -2.15. The number of benzene rings is 3. The molecule has 2 heterocycles. The summed E-state index contributed by atoms with van der Waals surface area (Å²) < 4.78 is 24.1. The number of halogens is 1. The van der Waals surface area contributed by atoms with Crippen molar-refractivity contribution in [1.29, 1.82) is 0 Å². The van der Waals surface area contributed by atoms with E-state index in [2.05, 4.69) is 10.3 Å². The maximum Gasteiger partial charge on any atom is 0.272 e. The van der Waals surface area contributed by atoms with E-state index in [1.807, 2.05) is 63.9 Å². The lowest BCUT2D eigenvalue weighted by molar-refractivity contribution is 0.101. The Labute approximate surface area is 196 Å². The monoisotopic (exact) mass is 454 g/mol. The second kappa shape index (κ2) is 9.62. The number of carbonyl (C=O) groups excluding carboxylic acids is 1. The van der Waals surface area contributed by atoms with Crippen molar-refractivity contribution in [2.75, 3.05) is 11.9 Å². The minimum Gasteiger partial charge on any atom is -0.490 e. The average molecular weight is 455 g/mol. The van der Waals surface area contributed by atoms with E-state index >= 15 is 0 Å². The fourth-order valence-corrected chi connectivity index (χ4v) is 3.93. The number of hydrogen-bond acceptors (Lipinski definition) is 3. The number of nitrogens with one attached hydrogen (secondary N) is 1. The van der Waals surface area contributed by atoms with Crippen LogP contribution in [0.4, 0.5) is 10.1 Å². The van der Waals surface area contributed by atoms with Crippen molar-refractivity contribution in [1.82, 2.24) is 14.1 Å². The van der Waals surface area contributed by atoms with Gasteiger partial charge in [0.2, 0.25) is 0 Å². The van der Waals surface area contributed by atoms with Crippen LogP contribution in [0.15, 0.2) is 97.6 Å². The molecule has 0 aliphatic carbocycles. The zero-order valence-corrected chi connectivity index (χ0v) is 18.4. The molecule has 1 amide bonds. The predicted octanol–water partition coefficient (Wildman–Crippen LogP) is 5.36. The summed E-state index contributed by atoms with van der Waals surface area (Å²) in [6.07, 6.45) is 5.31. The van der Waals surface area contributed by atoms with Crippen molar-refractivity contribution < 1.29 is 13.9 Å². The Hall–Kier alpha value is -4.39. The largest absolute Gasteiger partial charge is 0.490 e. The summed E-state index contributed by atoms with van der Waals surface area (Å²) in [5.74, 6) is -0.0193. The maximum absolute atomic E-state index is 14.4. The number of imidazole rings is 1. The maximum atomic E-state index is 14.4. The molecule has 0 fully saturated rings. The number of para-hydroxylation sites is 3. The topological polar surface area (TPSA) is 61.1 Å². The van der Waals surface area contributed by atoms with Gasteiger partial charge in [0.25, 0.3) is 5.91 Å². The minimum absolute atomic E-state index is 0.242. The number of fused-ring (bicyclic) bond motifs is 1. The Morgan fingerprint density at radius 2 is 1.79 bits per heavy atom. The Balaban J connectivity index is 1.40. The van der Waals surface area contributed by atoms with Gasteiger partial charge in [0.1, 0.15) is 23.9 Å². The molecular formula is C27H23FN4O2. The van der Waals surface area contributed by atoms with Gasteiger partial charge in [0.15, 0.2) is 0 Å². The van der Waals surface area contributed by atoms with E-state index in [4.69, 9.17) is 4.74 Å². The zero-order chi connectivity index (χ0) is 23.3. The molecule has 0 saturated heterocycles. The molecule has 0 aliphatic rings. The standard InChI is InChI=1S/C27H23FN4O2/c28-22-9-3-1-8-21(22)18-32-24-11-5-2-7-20(24)17-25(32)27(33)30-23-10-4-6-12-26(23)34-16-15-31-14-13-29-19-31/h1-14,17,19H,15-16,18H2,(H,30,33). The van der Waals surface area contributed by atoms with Crippen LogP contribution >= 0.6 is 0 Å². The molecular weight excluding hydrogens is 431 g/mol. The molecule has 0 saturated carbocycles.